The van der Waals surface area contributed by atoms with Gasteiger partial charge in [0.15, 0.2) is 5.16 Å². The quantitative estimate of drug-likeness (QED) is 0.754. The van der Waals surface area contributed by atoms with Gasteiger partial charge >= 0.3 is 0 Å². The minimum Gasteiger partial charge on any atom is -0.368 e. The summed E-state index contributed by atoms with van der Waals surface area (Å²) in [5, 5.41) is 11.4. The van der Waals surface area contributed by atoms with Gasteiger partial charge in [-0.25, -0.2) is 4.39 Å². The molecule has 6 nitrogen and oxygen atoms in total. The van der Waals surface area contributed by atoms with Crippen LogP contribution in [-0.2, 0) is 11.2 Å². The molecular weight excluding hydrogens is 317 g/mol. The zero-order valence-electron chi connectivity index (χ0n) is 12.5. The number of nitrogens with one attached hydrogen (secondary N) is 1. The first-order valence-electron chi connectivity index (χ1n) is 7.48. The van der Waals surface area contributed by atoms with E-state index in [2.05, 4.69) is 15.5 Å². The number of thioether (sulfide) groups is 1. The van der Waals surface area contributed by atoms with Crippen LogP contribution in [0.3, 0.4) is 0 Å². The fourth-order valence-corrected chi connectivity index (χ4v) is 3.08. The van der Waals surface area contributed by atoms with Gasteiger partial charge in [0.2, 0.25) is 11.9 Å². The highest BCUT2D eigenvalue weighted by Gasteiger charge is 2.29. The molecule has 1 aliphatic rings. The van der Waals surface area contributed by atoms with Crippen LogP contribution in [0.25, 0.3) is 0 Å². The first-order valence-corrected chi connectivity index (χ1v) is 8.46. The van der Waals surface area contributed by atoms with Gasteiger partial charge in [-0.2, -0.15) is 0 Å². The number of rotatable bonds is 7. The zero-order valence-corrected chi connectivity index (χ0v) is 13.4. The lowest BCUT2D eigenvalue weighted by Crippen LogP contribution is -2.27. The average molecular weight is 335 g/mol. The predicted octanol–water partition coefficient (Wildman–Crippen LogP) is 1.79. The van der Waals surface area contributed by atoms with Gasteiger partial charge in [0.05, 0.1) is 5.75 Å². The number of aromatic nitrogens is 3. The van der Waals surface area contributed by atoms with E-state index in [0.717, 1.165) is 18.4 Å². The monoisotopic (exact) mass is 335 g/mol. The van der Waals surface area contributed by atoms with Gasteiger partial charge in [-0.15, -0.1) is 10.2 Å². The van der Waals surface area contributed by atoms with Crippen LogP contribution >= 0.6 is 11.8 Å². The molecule has 0 aliphatic heterocycles. The summed E-state index contributed by atoms with van der Waals surface area (Å²) in [7, 11) is 0. The SMILES string of the molecule is Nc1nnc(SCC(=O)NCCc2ccc(F)cc2)n1C1CC1. The van der Waals surface area contributed by atoms with Crippen molar-refractivity contribution in [3.8, 4) is 0 Å². The number of nitrogens with two attached hydrogens (primary N) is 1. The molecule has 1 aromatic heterocycles. The van der Waals surface area contributed by atoms with Gasteiger partial charge in [-0.3, -0.25) is 9.36 Å². The number of halogens is 1. The van der Waals surface area contributed by atoms with Crippen LogP contribution < -0.4 is 11.1 Å². The summed E-state index contributed by atoms with van der Waals surface area (Å²) in [6.07, 6.45) is 2.83. The van der Waals surface area contributed by atoms with Crippen molar-refractivity contribution in [3.05, 3.63) is 35.6 Å². The highest BCUT2D eigenvalue weighted by atomic mass is 32.2. The van der Waals surface area contributed by atoms with E-state index >= 15 is 0 Å². The summed E-state index contributed by atoms with van der Waals surface area (Å²) in [6.45, 7) is 0.516. The summed E-state index contributed by atoms with van der Waals surface area (Å²) in [5.74, 6) is 0.356. The third kappa shape index (κ3) is 4.22. The molecule has 1 aliphatic carbocycles. The van der Waals surface area contributed by atoms with Crippen LogP contribution in [0.5, 0.6) is 0 Å². The molecule has 1 fully saturated rings. The van der Waals surface area contributed by atoms with Gasteiger partial charge in [-0.1, -0.05) is 23.9 Å². The Labute approximate surface area is 137 Å². The molecule has 122 valence electrons. The second-order valence-corrected chi connectivity index (χ2v) is 6.40. The van der Waals surface area contributed by atoms with Gasteiger partial charge < -0.3 is 11.1 Å². The summed E-state index contributed by atoms with van der Waals surface area (Å²) in [6, 6.07) is 6.66. The second-order valence-electron chi connectivity index (χ2n) is 5.46. The van der Waals surface area contributed by atoms with E-state index in [1.165, 1.54) is 23.9 Å². The third-order valence-corrected chi connectivity index (χ3v) is 4.53. The molecule has 0 unspecified atom stereocenters. The van der Waals surface area contributed by atoms with Gasteiger partial charge in [0.1, 0.15) is 5.82 Å². The molecule has 3 rings (SSSR count). The fourth-order valence-electron chi connectivity index (χ4n) is 2.24. The van der Waals surface area contributed by atoms with Crippen molar-refractivity contribution >= 4 is 23.6 Å². The van der Waals surface area contributed by atoms with E-state index < -0.39 is 0 Å². The number of anilines is 1. The van der Waals surface area contributed by atoms with E-state index in [1.807, 2.05) is 4.57 Å². The van der Waals surface area contributed by atoms with Gasteiger partial charge in [0, 0.05) is 12.6 Å². The molecule has 0 atom stereocenters. The van der Waals surface area contributed by atoms with Gasteiger partial charge in [0.25, 0.3) is 0 Å². The first-order chi connectivity index (χ1) is 11.1. The Kier molecular flexibility index (Phi) is 4.80. The van der Waals surface area contributed by atoms with E-state index in [0.29, 0.717) is 30.1 Å². The highest BCUT2D eigenvalue weighted by Crippen LogP contribution is 2.39. The number of amides is 1. The number of carbonyl (C=O) groups excluding carboxylic acids is 1. The molecule has 8 heteroatoms. The molecule has 1 aromatic carbocycles. The number of nitrogen functional groups attached to an aromatic ring is 1. The first kappa shape index (κ1) is 15.8. The van der Waals surface area contributed by atoms with Crippen LogP contribution in [0.15, 0.2) is 29.4 Å². The van der Waals surface area contributed by atoms with Crippen LogP contribution in [0.2, 0.25) is 0 Å². The van der Waals surface area contributed by atoms with Crippen LogP contribution in [0.4, 0.5) is 10.3 Å². The van der Waals surface area contributed by atoms with Crippen molar-refractivity contribution < 1.29 is 9.18 Å². The van der Waals surface area contributed by atoms with E-state index in [4.69, 9.17) is 5.73 Å². The van der Waals surface area contributed by atoms with Crippen molar-refractivity contribution in [1.82, 2.24) is 20.1 Å². The third-order valence-electron chi connectivity index (χ3n) is 3.58. The molecule has 2 aromatic rings. The Hall–Kier alpha value is -2.09. The maximum Gasteiger partial charge on any atom is 0.230 e. The molecule has 23 heavy (non-hydrogen) atoms. The number of hydrogen-bond acceptors (Lipinski definition) is 5. The number of benzene rings is 1. The predicted molar refractivity (Wildman–Crippen MR) is 86.5 cm³/mol. The molecule has 0 radical (unpaired) electrons. The van der Waals surface area contributed by atoms with Crippen molar-refractivity contribution in [2.75, 3.05) is 18.0 Å². The van der Waals surface area contributed by atoms with E-state index in [1.54, 1.807) is 12.1 Å². The fraction of sp³-hybridized carbons (Fsp3) is 0.400. The average Bonchev–Trinajstić information content (AvgIpc) is 3.30. The highest BCUT2D eigenvalue weighted by molar-refractivity contribution is 7.99. The zero-order chi connectivity index (χ0) is 16.2. The maximum absolute atomic E-state index is 12.8. The molecular formula is C15H18FN5OS. The standard InChI is InChI=1S/C15H18FN5OS/c16-11-3-1-10(2-4-11)7-8-18-13(22)9-23-15-20-19-14(17)21(15)12-5-6-12/h1-4,12H,5-9H2,(H2,17,19)(H,18,22). The summed E-state index contributed by atoms with van der Waals surface area (Å²) < 4.78 is 14.7. The van der Waals surface area contributed by atoms with E-state index in [9.17, 15) is 9.18 Å². The molecule has 0 spiro atoms. The Bertz CT molecular complexity index is 684. The van der Waals surface area contributed by atoms with Crippen LogP contribution in [0, 0.1) is 5.82 Å². The lowest BCUT2D eigenvalue weighted by atomic mass is 10.1. The minimum atomic E-state index is -0.256. The van der Waals surface area contributed by atoms with Crippen molar-refractivity contribution in [1.29, 1.82) is 0 Å². The number of carbonyl (C=O) groups is 1. The lowest BCUT2D eigenvalue weighted by molar-refractivity contribution is -0.118. The number of nitrogens with zero attached hydrogens (tertiary/aromatic N) is 3. The Morgan fingerprint density at radius 2 is 2.09 bits per heavy atom. The van der Waals surface area contributed by atoms with Crippen molar-refractivity contribution in [2.45, 2.75) is 30.5 Å². The van der Waals surface area contributed by atoms with Crippen molar-refractivity contribution in [2.24, 2.45) is 0 Å². The molecule has 0 bridgehead atoms. The smallest absolute Gasteiger partial charge is 0.230 e. The Morgan fingerprint density at radius 1 is 1.35 bits per heavy atom. The van der Waals surface area contributed by atoms with Gasteiger partial charge in [-0.05, 0) is 37.0 Å². The number of hydrogen-bond donors (Lipinski definition) is 2. The maximum atomic E-state index is 12.8. The molecule has 1 saturated carbocycles. The summed E-state index contributed by atoms with van der Waals surface area (Å²) in [4.78, 5) is 11.9. The van der Waals surface area contributed by atoms with Crippen LogP contribution in [-0.4, -0.2) is 33.0 Å². The Balaban J connectivity index is 1.42. The lowest BCUT2D eigenvalue weighted by Gasteiger charge is -2.07. The minimum absolute atomic E-state index is 0.0685. The normalized spacial score (nSPS) is 14.0. The van der Waals surface area contributed by atoms with Crippen LogP contribution in [0.1, 0.15) is 24.4 Å². The molecule has 0 saturated heterocycles. The molecule has 1 amide bonds. The largest absolute Gasteiger partial charge is 0.368 e. The summed E-state index contributed by atoms with van der Waals surface area (Å²) in [5.41, 5.74) is 6.78. The van der Waals surface area contributed by atoms with E-state index in [-0.39, 0.29) is 17.5 Å². The summed E-state index contributed by atoms with van der Waals surface area (Å²) >= 11 is 1.34. The topological polar surface area (TPSA) is 85.8 Å². The second kappa shape index (κ2) is 6.99. The Morgan fingerprint density at radius 3 is 2.78 bits per heavy atom. The molecule has 3 N–H and O–H groups in total. The van der Waals surface area contributed by atoms with Crippen molar-refractivity contribution in [3.63, 3.8) is 0 Å². The molecule has 1 heterocycles.